The predicted molar refractivity (Wildman–Crippen MR) is 82.8 cm³/mol. The van der Waals surface area contributed by atoms with Crippen LogP contribution in [0.5, 0.6) is 0 Å². The Morgan fingerprint density at radius 1 is 1.21 bits per heavy atom. The predicted octanol–water partition coefficient (Wildman–Crippen LogP) is 4.14. The summed E-state index contributed by atoms with van der Waals surface area (Å²) in [7, 11) is 0. The number of hydrogen-bond acceptors (Lipinski definition) is 3. The van der Waals surface area contributed by atoms with Crippen molar-refractivity contribution in [3.05, 3.63) is 52.0 Å². The van der Waals surface area contributed by atoms with Gasteiger partial charge in [0.15, 0.2) is 0 Å². The highest BCUT2D eigenvalue weighted by atomic mass is 32.1. The Balaban J connectivity index is 2.32. The van der Waals surface area contributed by atoms with E-state index in [0.717, 1.165) is 11.6 Å². The first-order valence-corrected chi connectivity index (χ1v) is 7.64. The molecular formula is C16H22N2S. The van der Waals surface area contributed by atoms with Gasteiger partial charge in [-0.1, -0.05) is 58.0 Å². The highest BCUT2D eigenvalue weighted by molar-refractivity contribution is 7.09. The second-order valence-corrected chi connectivity index (χ2v) is 6.61. The number of thiazole rings is 1. The van der Waals surface area contributed by atoms with Crippen LogP contribution in [0.4, 0.5) is 0 Å². The fraction of sp³-hybridized carbons (Fsp3) is 0.438. The van der Waals surface area contributed by atoms with Crippen molar-refractivity contribution >= 4 is 11.3 Å². The molecule has 102 valence electrons. The van der Waals surface area contributed by atoms with Crippen molar-refractivity contribution in [1.29, 1.82) is 0 Å². The molecule has 0 aliphatic rings. The van der Waals surface area contributed by atoms with Crippen LogP contribution in [0.3, 0.4) is 0 Å². The van der Waals surface area contributed by atoms with Gasteiger partial charge in [0.2, 0.25) is 0 Å². The highest BCUT2D eigenvalue weighted by Crippen LogP contribution is 2.29. The largest absolute Gasteiger partial charge is 0.305 e. The van der Waals surface area contributed by atoms with Crippen molar-refractivity contribution in [2.24, 2.45) is 0 Å². The molecule has 2 nitrogen and oxygen atoms in total. The van der Waals surface area contributed by atoms with Crippen LogP contribution in [0.2, 0.25) is 0 Å². The fourth-order valence-electron chi connectivity index (χ4n) is 1.96. The Morgan fingerprint density at radius 2 is 1.89 bits per heavy atom. The van der Waals surface area contributed by atoms with Crippen molar-refractivity contribution in [3.63, 3.8) is 0 Å². The molecule has 0 bridgehead atoms. The zero-order chi connectivity index (χ0) is 13.9. The van der Waals surface area contributed by atoms with E-state index in [9.17, 15) is 0 Å². The molecule has 1 N–H and O–H groups in total. The van der Waals surface area contributed by atoms with Gasteiger partial charge in [0, 0.05) is 10.8 Å². The molecule has 1 heterocycles. The minimum absolute atomic E-state index is 0.113. The Morgan fingerprint density at radius 3 is 2.42 bits per heavy atom. The molecule has 2 rings (SSSR count). The van der Waals surface area contributed by atoms with Crippen LogP contribution in [0, 0.1) is 0 Å². The summed E-state index contributed by atoms with van der Waals surface area (Å²) in [5.41, 5.74) is 2.56. The first kappa shape index (κ1) is 14.2. The SMILES string of the molecule is CCNC(c1ccccc1)c1nc(C(C)(C)C)cs1. The normalized spacial score (nSPS) is 13.5. The zero-order valence-corrected chi connectivity index (χ0v) is 12.9. The van der Waals surface area contributed by atoms with Gasteiger partial charge < -0.3 is 5.32 Å². The van der Waals surface area contributed by atoms with Crippen LogP contribution in [0.15, 0.2) is 35.7 Å². The number of aromatic nitrogens is 1. The van der Waals surface area contributed by atoms with Crippen molar-refractivity contribution < 1.29 is 0 Å². The van der Waals surface area contributed by atoms with Crippen molar-refractivity contribution in [1.82, 2.24) is 10.3 Å². The molecule has 0 fully saturated rings. The summed E-state index contributed by atoms with van der Waals surface area (Å²) >= 11 is 1.75. The standard InChI is InChI=1S/C16H22N2S/c1-5-17-14(12-9-7-6-8-10-12)15-18-13(11-19-15)16(2,3)4/h6-11,14,17H,5H2,1-4H3. The van der Waals surface area contributed by atoms with E-state index in [1.54, 1.807) is 11.3 Å². The van der Waals surface area contributed by atoms with Gasteiger partial charge in [-0.25, -0.2) is 4.98 Å². The molecule has 0 spiro atoms. The van der Waals surface area contributed by atoms with Crippen molar-refractivity contribution in [3.8, 4) is 0 Å². The van der Waals surface area contributed by atoms with Crippen LogP contribution >= 0.6 is 11.3 Å². The number of nitrogens with zero attached hydrogens (tertiary/aromatic N) is 1. The number of benzene rings is 1. The minimum atomic E-state index is 0.113. The van der Waals surface area contributed by atoms with E-state index in [4.69, 9.17) is 4.98 Å². The van der Waals surface area contributed by atoms with E-state index in [2.05, 4.69) is 68.7 Å². The molecule has 2 aromatic rings. The van der Waals surface area contributed by atoms with Gasteiger partial charge in [0.05, 0.1) is 11.7 Å². The van der Waals surface area contributed by atoms with E-state index in [0.29, 0.717) is 0 Å². The fourth-order valence-corrected chi connectivity index (χ4v) is 3.11. The van der Waals surface area contributed by atoms with Gasteiger partial charge in [-0.2, -0.15) is 0 Å². The Labute approximate surface area is 119 Å². The molecule has 0 aliphatic heterocycles. The average molecular weight is 274 g/mol. The van der Waals surface area contributed by atoms with Crippen LogP contribution in [0.1, 0.15) is 50.0 Å². The monoisotopic (exact) mass is 274 g/mol. The van der Waals surface area contributed by atoms with Crippen molar-refractivity contribution in [2.75, 3.05) is 6.54 Å². The molecule has 0 saturated heterocycles. The van der Waals surface area contributed by atoms with E-state index in [-0.39, 0.29) is 11.5 Å². The summed E-state index contributed by atoms with van der Waals surface area (Å²) in [5, 5.41) is 6.86. The first-order chi connectivity index (χ1) is 9.02. The summed E-state index contributed by atoms with van der Waals surface area (Å²) in [5.74, 6) is 0. The number of hydrogen-bond donors (Lipinski definition) is 1. The summed E-state index contributed by atoms with van der Waals surface area (Å²) in [6.07, 6.45) is 0. The molecule has 19 heavy (non-hydrogen) atoms. The van der Waals surface area contributed by atoms with Gasteiger partial charge in [-0.15, -0.1) is 11.3 Å². The van der Waals surface area contributed by atoms with Gasteiger partial charge in [-0.3, -0.25) is 0 Å². The molecule has 0 amide bonds. The maximum absolute atomic E-state index is 4.83. The third-order valence-corrected chi connectivity index (χ3v) is 3.99. The first-order valence-electron chi connectivity index (χ1n) is 6.76. The lowest BCUT2D eigenvalue weighted by atomic mass is 9.93. The molecule has 0 aliphatic carbocycles. The molecule has 1 aromatic heterocycles. The average Bonchev–Trinajstić information content (AvgIpc) is 2.86. The summed E-state index contributed by atoms with van der Waals surface area (Å²) < 4.78 is 0. The lowest BCUT2D eigenvalue weighted by Crippen LogP contribution is -2.22. The van der Waals surface area contributed by atoms with Crippen LogP contribution in [-0.2, 0) is 5.41 Å². The Hall–Kier alpha value is -1.19. The molecule has 0 radical (unpaired) electrons. The molecule has 3 heteroatoms. The summed E-state index contributed by atoms with van der Waals surface area (Å²) in [6, 6.07) is 10.7. The van der Waals surface area contributed by atoms with E-state index >= 15 is 0 Å². The van der Waals surface area contributed by atoms with E-state index in [1.165, 1.54) is 11.3 Å². The molecule has 0 saturated carbocycles. The molecule has 1 unspecified atom stereocenters. The third kappa shape index (κ3) is 3.43. The van der Waals surface area contributed by atoms with Crippen LogP contribution in [0.25, 0.3) is 0 Å². The second-order valence-electron chi connectivity index (χ2n) is 5.72. The van der Waals surface area contributed by atoms with E-state index < -0.39 is 0 Å². The maximum atomic E-state index is 4.83. The molecule has 1 atom stereocenters. The number of rotatable bonds is 4. The summed E-state index contributed by atoms with van der Waals surface area (Å²) in [4.78, 5) is 4.83. The minimum Gasteiger partial charge on any atom is -0.305 e. The molecule has 1 aromatic carbocycles. The molecular weight excluding hydrogens is 252 g/mol. The Bertz CT molecular complexity index is 511. The topological polar surface area (TPSA) is 24.9 Å². The van der Waals surface area contributed by atoms with Gasteiger partial charge in [-0.05, 0) is 12.1 Å². The lowest BCUT2D eigenvalue weighted by molar-refractivity contribution is 0.562. The van der Waals surface area contributed by atoms with Gasteiger partial charge >= 0.3 is 0 Å². The lowest BCUT2D eigenvalue weighted by Gasteiger charge is -2.17. The van der Waals surface area contributed by atoms with E-state index in [1.807, 2.05) is 0 Å². The van der Waals surface area contributed by atoms with Crippen molar-refractivity contribution in [2.45, 2.75) is 39.2 Å². The van der Waals surface area contributed by atoms with Crippen LogP contribution < -0.4 is 5.32 Å². The smallest absolute Gasteiger partial charge is 0.114 e. The summed E-state index contributed by atoms with van der Waals surface area (Å²) in [6.45, 7) is 9.68. The zero-order valence-electron chi connectivity index (χ0n) is 12.1. The second kappa shape index (κ2) is 5.85. The quantitative estimate of drug-likeness (QED) is 0.906. The maximum Gasteiger partial charge on any atom is 0.114 e. The van der Waals surface area contributed by atoms with Gasteiger partial charge in [0.25, 0.3) is 0 Å². The third-order valence-electron chi connectivity index (χ3n) is 3.08. The highest BCUT2D eigenvalue weighted by Gasteiger charge is 2.21. The van der Waals surface area contributed by atoms with Gasteiger partial charge in [0.1, 0.15) is 5.01 Å². The number of nitrogens with one attached hydrogen (secondary N) is 1. The Kier molecular flexibility index (Phi) is 4.38. The van der Waals surface area contributed by atoms with Crippen LogP contribution in [-0.4, -0.2) is 11.5 Å².